The van der Waals surface area contributed by atoms with Gasteiger partial charge >= 0.3 is 6.03 Å². The second-order valence-corrected chi connectivity index (χ2v) is 12.0. The molecule has 2 aromatic heterocycles. The van der Waals surface area contributed by atoms with Crippen LogP contribution in [-0.2, 0) is 26.8 Å². The zero-order valence-corrected chi connectivity index (χ0v) is 21.4. The normalized spacial score (nSPS) is 18.6. The van der Waals surface area contributed by atoms with Gasteiger partial charge in [-0.05, 0) is 61.4 Å². The van der Waals surface area contributed by atoms with Crippen molar-refractivity contribution in [1.82, 2.24) is 14.9 Å². The molecule has 0 atom stereocenters. The van der Waals surface area contributed by atoms with Crippen molar-refractivity contribution in [1.29, 1.82) is 0 Å². The van der Waals surface area contributed by atoms with Crippen molar-refractivity contribution in [3.8, 4) is 0 Å². The number of nitrogens with zero attached hydrogens (tertiary/aromatic N) is 5. The minimum Gasteiger partial charge on any atom is -0.305 e. The molecule has 0 unspecified atom stereocenters. The molecule has 3 aromatic rings. The molecule has 186 valence electrons. The Morgan fingerprint density at radius 2 is 1.67 bits per heavy atom. The van der Waals surface area contributed by atoms with Crippen molar-refractivity contribution < 1.29 is 18.0 Å². The number of fused-ring (bicyclic) bond motifs is 1. The first-order valence-electron chi connectivity index (χ1n) is 11.6. The first-order chi connectivity index (χ1) is 16.9. The van der Waals surface area contributed by atoms with Gasteiger partial charge in [0, 0.05) is 37.1 Å². The van der Waals surface area contributed by atoms with E-state index >= 15 is 0 Å². The van der Waals surface area contributed by atoms with Gasteiger partial charge in [-0.1, -0.05) is 26.0 Å². The summed E-state index contributed by atoms with van der Waals surface area (Å²) in [6.07, 6.45) is 4.72. The number of imide groups is 1. The lowest BCUT2D eigenvalue weighted by Crippen LogP contribution is -2.43. The Balaban J connectivity index is 1.56. The molecule has 36 heavy (non-hydrogen) atoms. The maximum Gasteiger partial charge on any atom is 0.332 e. The van der Waals surface area contributed by atoms with E-state index in [1.54, 1.807) is 68.7 Å². The molecule has 9 nitrogen and oxygen atoms in total. The monoisotopic (exact) mass is 505 g/mol. The Labute approximate surface area is 210 Å². The average Bonchev–Trinajstić information content (AvgIpc) is 3.22. The van der Waals surface area contributed by atoms with Gasteiger partial charge in [0.05, 0.1) is 11.4 Å². The Bertz CT molecular complexity index is 1460. The standard InChI is InChI=1S/C26H27N5O4S/c1-25(2)17-30(36(34,35)22-7-5-6-12-28-22)21-15-19(8-9-20(21)25)31-23(32)26(3,4)29(24(31)33)16-18-10-13-27-14-11-18/h5-15H,16-17H2,1-4H3. The third kappa shape index (κ3) is 3.63. The molecular weight excluding hydrogens is 478 g/mol. The van der Waals surface area contributed by atoms with Crippen LogP contribution in [0.3, 0.4) is 0 Å². The van der Waals surface area contributed by atoms with Gasteiger partial charge < -0.3 is 4.90 Å². The highest BCUT2D eigenvalue weighted by molar-refractivity contribution is 7.92. The van der Waals surface area contributed by atoms with Crippen LogP contribution in [0.5, 0.6) is 0 Å². The number of rotatable bonds is 5. The van der Waals surface area contributed by atoms with Gasteiger partial charge in [-0.3, -0.25) is 14.1 Å². The van der Waals surface area contributed by atoms with Crippen LogP contribution in [0.1, 0.15) is 38.8 Å². The summed E-state index contributed by atoms with van der Waals surface area (Å²) < 4.78 is 28.3. The Hall–Kier alpha value is -3.79. The summed E-state index contributed by atoms with van der Waals surface area (Å²) in [5.41, 5.74) is 0.879. The second-order valence-electron chi connectivity index (χ2n) is 10.2. The van der Waals surface area contributed by atoms with Crippen molar-refractivity contribution in [2.45, 2.75) is 50.2 Å². The summed E-state index contributed by atoms with van der Waals surface area (Å²) in [4.78, 5) is 37.7. The molecule has 2 aliphatic heterocycles. The molecule has 0 radical (unpaired) electrons. The summed E-state index contributed by atoms with van der Waals surface area (Å²) >= 11 is 0. The van der Waals surface area contributed by atoms with E-state index in [9.17, 15) is 18.0 Å². The average molecular weight is 506 g/mol. The fourth-order valence-electron chi connectivity index (χ4n) is 4.79. The van der Waals surface area contributed by atoms with E-state index < -0.39 is 27.0 Å². The molecule has 1 fully saturated rings. The summed E-state index contributed by atoms with van der Waals surface area (Å²) in [6, 6.07) is 13.0. The van der Waals surface area contributed by atoms with Crippen molar-refractivity contribution >= 4 is 33.3 Å². The van der Waals surface area contributed by atoms with E-state index in [0.717, 1.165) is 16.0 Å². The summed E-state index contributed by atoms with van der Waals surface area (Å²) in [5.74, 6) is -0.377. The smallest absolute Gasteiger partial charge is 0.305 e. The van der Waals surface area contributed by atoms with Crippen LogP contribution in [0.2, 0.25) is 0 Å². The minimum atomic E-state index is -3.95. The van der Waals surface area contributed by atoms with E-state index in [1.165, 1.54) is 21.5 Å². The van der Waals surface area contributed by atoms with E-state index in [-0.39, 0.29) is 24.0 Å². The first-order valence-corrected chi connectivity index (χ1v) is 13.0. The topological polar surface area (TPSA) is 104 Å². The Kier molecular flexibility index (Phi) is 5.40. The van der Waals surface area contributed by atoms with Crippen LogP contribution >= 0.6 is 0 Å². The number of sulfonamides is 1. The molecule has 0 aliphatic carbocycles. The number of pyridine rings is 2. The zero-order valence-electron chi connectivity index (χ0n) is 20.5. The van der Waals surface area contributed by atoms with Gasteiger partial charge in [0.15, 0.2) is 5.03 Å². The lowest BCUT2D eigenvalue weighted by atomic mass is 9.87. The van der Waals surface area contributed by atoms with Gasteiger partial charge in [0.25, 0.3) is 15.9 Å². The molecule has 2 aliphatic rings. The number of anilines is 2. The van der Waals surface area contributed by atoms with Crippen LogP contribution < -0.4 is 9.21 Å². The van der Waals surface area contributed by atoms with Crippen LogP contribution in [0, 0.1) is 0 Å². The van der Waals surface area contributed by atoms with Crippen LogP contribution in [-0.4, -0.2) is 47.3 Å². The number of urea groups is 1. The Morgan fingerprint density at radius 3 is 2.33 bits per heavy atom. The van der Waals surface area contributed by atoms with Gasteiger partial charge in [0.1, 0.15) is 5.54 Å². The van der Waals surface area contributed by atoms with Crippen LogP contribution in [0.4, 0.5) is 16.2 Å². The summed E-state index contributed by atoms with van der Waals surface area (Å²) in [5, 5.41) is -0.0583. The van der Waals surface area contributed by atoms with Crippen molar-refractivity contribution in [2.24, 2.45) is 0 Å². The first kappa shape index (κ1) is 23.9. The predicted molar refractivity (Wildman–Crippen MR) is 135 cm³/mol. The van der Waals surface area contributed by atoms with Gasteiger partial charge in [-0.25, -0.2) is 14.7 Å². The quantitative estimate of drug-likeness (QED) is 0.490. The van der Waals surface area contributed by atoms with E-state index in [0.29, 0.717) is 11.4 Å². The Morgan fingerprint density at radius 1 is 0.944 bits per heavy atom. The third-order valence-electron chi connectivity index (χ3n) is 6.88. The van der Waals surface area contributed by atoms with Crippen LogP contribution in [0.25, 0.3) is 0 Å². The number of carbonyl (C=O) groups is 2. The molecule has 1 aromatic carbocycles. The molecule has 5 rings (SSSR count). The molecule has 0 spiro atoms. The zero-order chi connectivity index (χ0) is 25.9. The minimum absolute atomic E-state index is 0.0583. The number of carbonyl (C=O) groups excluding carboxylic acids is 2. The highest BCUT2D eigenvalue weighted by Gasteiger charge is 2.52. The molecule has 1 saturated heterocycles. The van der Waals surface area contributed by atoms with Crippen molar-refractivity contribution in [3.63, 3.8) is 0 Å². The van der Waals surface area contributed by atoms with E-state index in [2.05, 4.69) is 9.97 Å². The fourth-order valence-corrected chi connectivity index (χ4v) is 6.37. The number of aromatic nitrogens is 2. The maximum absolute atomic E-state index is 13.5. The molecule has 0 saturated carbocycles. The lowest BCUT2D eigenvalue weighted by Gasteiger charge is -2.27. The van der Waals surface area contributed by atoms with Crippen molar-refractivity contribution in [3.05, 3.63) is 78.2 Å². The highest BCUT2D eigenvalue weighted by atomic mass is 32.2. The van der Waals surface area contributed by atoms with Gasteiger partial charge in [-0.2, -0.15) is 8.42 Å². The number of hydrogen-bond donors (Lipinski definition) is 0. The fraction of sp³-hybridized carbons (Fsp3) is 0.308. The molecule has 0 N–H and O–H groups in total. The number of benzene rings is 1. The van der Waals surface area contributed by atoms with Gasteiger partial charge in [-0.15, -0.1) is 0 Å². The number of hydrogen-bond acceptors (Lipinski definition) is 6. The highest BCUT2D eigenvalue weighted by Crippen LogP contribution is 2.45. The second kappa shape index (κ2) is 8.12. The molecule has 3 amide bonds. The van der Waals surface area contributed by atoms with E-state index in [4.69, 9.17) is 0 Å². The van der Waals surface area contributed by atoms with Gasteiger partial charge in [0.2, 0.25) is 0 Å². The van der Waals surface area contributed by atoms with Crippen LogP contribution in [0.15, 0.2) is 72.1 Å². The third-order valence-corrected chi connectivity index (χ3v) is 8.56. The maximum atomic E-state index is 13.5. The predicted octanol–water partition coefficient (Wildman–Crippen LogP) is 3.71. The summed E-state index contributed by atoms with van der Waals surface area (Å²) in [6.45, 7) is 7.81. The number of amides is 3. The lowest BCUT2D eigenvalue weighted by molar-refractivity contribution is -0.123. The van der Waals surface area contributed by atoms with Crippen molar-refractivity contribution in [2.75, 3.05) is 15.7 Å². The summed E-state index contributed by atoms with van der Waals surface area (Å²) in [7, 11) is -3.95. The SMILES string of the molecule is CC1(C)CN(S(=O)(=O)c2ccccn2)c2cc(N3C(=O)N(Cc4ccncc4)C(C)(C)C3=O)ccc21. The van der Waals surface area contributed by atoms with E-state index in [1.807, 2.05) is 13.8 Å². The molecule has 10 heteroatoms. The molecule has 0 bridgehead atoms. The molecular formula is C26H27N5O4S. The molecule has 4 heterocycles. The largest absolute Gasteiger partial charge is 0.332 e.